The van der Waals surface area contributed by atoms with Crippen molar-refractivity contribution in [3.63, 3.8) is 0 Å². The summed E-state index contributed by atoms with van der Waals surface area (Å²) in [5.41, 5.74) is 0.403. The van der Waals surface area contributed by atoms with Crippen LogP contribution < -0.4 is 4.90 Å². The van der Waals surface area contributed by atoms with Gasteiger partial charge in [0.15, 0.2) is 0 Å². The maximum Gasteiger partial charge on any atom is 0.228 e. The summed E-state index contributed by atoms with van der Waals surface area (Å²) in [5, 5.41) is 9.09. The average molecular weight is 293 g/mol. The first-order chi connectivity index (χ1) is 7.96. The molecule has 1 saturated heterocycles. The third-order valence-corrected chi connectivity index (χ3v) is 3.83. The molecule has 1 aliphatic rings. The van der Waals surface area contributed by atoms with Crippen LogP contribution in [0.2, 0.25) is 0 Å². The number of halogens is 1. The molecule has 88 valence electrons. The van der Waals surface area contributed by atoms with E-state index in [0.29, 0.717) is 6.42 Å². The van der Waals surface area contributed by atoms with Crippen molar-refractivity contribution in [2.45, 2.75) is 25.8 Å². The van der Waals surface area contributed by atoms with Crippen molar-refractivity contribution in [1.82, 2.24) is 0 Å². The highest BCUT2D eigenvalue weighted by Crippen LogP contribution is 2.38. The molecule has 1 amide bonds. The summed E-state index contributed by atoms with van der Waals surface area (Å²) in [6, 6.07) is 9.81. The van der Waals surface area contributed by atoms with E-state index in [-0.39, 0.29) is 11.8 Å². The molecule has 2 rings (SSSR count). The van der Waals surface area contributed by atoms with Gasteiger partial charge in [-0.05, 0) is 38.1 Å². The lowest BCUT2D eigenvalue weighted by Gasteiger charge is -2.33. The molecule has 0 aromatic heterocycles. The van der Waals surface area contributed by atoms with E-state index >= 15 is 0 Å². The fourth-order valence-electron chi connectivity index (χ4n) is 2.26. The minimum atomic E-state index is -0.445. The van der Waals surface area contributed by atoms with Crippen LogP contribution in [0.4, 0.5) is 5.69 Å². The Hall–Kier alpha value is -1.34. The van der Waals surface area contributed by atoms with E-state index in [1.54, 1.807) is 4.90 Å². The van der Waals surface area contributed by atoms with Gasteiger partial charge in [-0.2, -0.15) is 5.26 Å². The molecule has 4 heteroatoms. The van der Waals surface area contributed by atoms with Crippen molar-refractivity contribution in [2.75, 3.05) is 4.90 Å². The Morgan fingerprint density at radius 3 is 2.47 bits per heavy atom. The normalized spacial score (nSPS) is 22.6. The van der Waals surface area contributed by atoms with Crippen LogP contribution in [-0.4, -0.2) is 11.4 Å². The van der Waals surface area contributed by atoms with Crippen molar-refractivity contribution in [3.05, 3.63) is 28.7 Å². The molecule has 1 aromatic carbocycles. The van der Waals surface area contributed by atoms with Gasteiger partial charge < -0.3 is 4.90 Å². The van der Waals surface area contributed by atoms with Gasteiger partial charge in [-0.3, -0.25) is 4.79 Å². The van der Waals surface area contributed by atoms with Crippen LogP contribution in [0.3, 0.4) is 0 Å². The summed E-state index contributed by atoms with van der Waals surface area (Å²) < 4.78 is 0.975. The maximum absolute atomic E-state index is 12.0. The Kier molecular flexibility index (Phi) is 2.96. The lowest BCUT2D eigenvalue weighted by atomic mass is 9.89. The number of benzene rings is 1. The van der Waals surface area contributed by atoms with Crippen LogP contribution in [0.5, 0.6) is 0 Å². The molecule has 0 N–H and O–H groups in total. The summed E-state index contributed by atoms with van der Waals surface area (Å²) in [6.07, 6.45) is 0.305. The van der Waals surface area contributed by atoms with Crippen molar-refractivity contribution in [1.29, 1.82) is 5.26 Å². The Balaban J connectivity index is 2.42. The number of amides is 1. The van der Waals surface area contributed by atoms with Gasteiger partial charge in [-0.1, -0.05) is 15.9 Å². The Morgan fingerprint density at radius 1 is 1.41 bits per heavy atom. The smallest absolute Gasteiger partial charge is 0.228 e. The van der Waals surface area contributed by atoms with E-state index in [0.717, 1.165) is 10.2 Å². The lowest BCUT2D eigenvalue weighted by Crippen LogP contribution is -2.44. The number of hydrogen-bond donors (Lipinski definition) is 0. The molecule has 0 saturated carbocycles. The van der Waals surface area contributed by atoms with Gasteiger partial charge in [-0.15, -0.1) is 0 Å². The number of nitriles is 1. The number of carbonyl (C=O) groups is 1. The van der Waals surface area contributed by atoms with Gasteiger partial charge in [0, 0.05) is 16.6 Å². The van der Waals surface area contributed by atoms with Gasteiger partial charge in [0.25, 0.3) is 0 Å². The zero-order valence-corrected chi connectivity index (χ0v) is 11.4. The summed E-state index contributed by atoms with van der Waals surface area (Å²) in [4.78, 5) is 13.7. The average Bonchev–Trinajstić information content (AvgIpc) is 2.50. The molecule has 1 aliphatic heterocycles. The van der Waals surface area contributed by atoms with E-state index in [9.17, 15) is 4.79 Å². The highest BCUT2D eigenvalue weighted by atomic mass is 79.9. The van der Waals surface area contributed by atoms with E-state index < -0.39 is 5.54 Å². The van der Waals surface area contributed by atoms with Crippen LogP contribution in [0.15, 0.2) is 28.7 Å². The molecule has 0 aliphatic carbocycles. The fraction of sp³-hybridized carbons (Fsp3) is 0.385. The van der Waals surface area contributed by atoms with Gasteiger partial charge in [0.1, 0.15) is 0 Å². The minimum absolute atomic E-state index is 0.0175. The maximum atomic E-state index is 12.0. The molecule has 0 bridgehead atoms. The third-order valence-electron chi connectivity index (χ3n) is 3.30. The monoisotopic (exact) mass is 292 g/mol. The number of anilines is 1. The quantitative estimate of drug-likeness (QED) is 0.798. The molecule has 0 radical (unpaired) electrons. The van der Waals surface area contributed by atoms with Crippen molar-refractivity contribution < 1.29 is 4.79 Å². The zero-order chi connectivity index (χ0) is 12.6. The Bertz CT molecular complexity index is 487. The first-order valence-corrected chi connectivity index (χ1v) is 6.24. The van der Waals surface area contributed by atoms with E-state index in [1.165, 1.54) is 0 Å². The molecule has 3 nitrogen and oxygen atoms in total. The molecule has 17 heavy (non-hydrogen) atoms. The number of rotatable bonds is 1. The molecule has 1 aromatic rings. The van der Waals surface area contributed by atoms with Crippen LogP contribution in [-0.2, 0) is 4.79 Å². The van der Waals surface area contributed by atoms with Crippen molar-refractivity contribution in [2.24, 2.45) is 5.92 Å². The van der Waals surface area contributed by atoms with Gasteiger partial charge in [0.05, 0.1) is 17.5 Å². The highest BCUT2D eigenvalue weighted by Gasteiger charge is 2.47. The molecular formula is C13H13BrN2O. The largest absolute Gasteiger partial charge is 0.306 e. The molecular weight excluding hydrogens is 280 g/mol. The Morgan fingerprint density at radius 2 is 2.00 bits per heavy atom. The predicted octanol–water partition coefficient (Wildman–Crippen LogP) is 3.10. The fourth-order valence-corrected chi connectivity index (χ4v) is 2.53. The lowest BCUT2D eigenvalue weighted by molar-refractivity contribution is -0.117. The first kappa shape index (κ1) is 12.1. The predicted molar refractivity (Wildman–Crippen MR) is 69.4 cm³/mol. The molecule has 1 atom stereocenters. The van der Waals surface area contributed by atoms with E-state index in [1.807, 2.05) is 38.1 Å². The second-order valence-corrected chi connectivity index (χ2v) is 5.66. The van der Waals surface area contributed by atoms with Crippen molar-refractivity contribution >= 4 is 27.5 Å². The SMILES string of the molecule is CC1(C)C(C#N)CC(=O)N1c1ccc(Br)cc1. The third kappa shape index (κ3) is 1.96. The van der Waals surface area contributed by atoms with Crippen LogP contribution in [0.25, 0.3) is 0 Å². The topological polar surface area (TPSA) is 44.1 Å². The highest BCUT2D eigenvalue weighted by molar-refractivity contribution is 9.10. The molecule has 1 fully saturated rings. The van der Waals surface area contributed by atoms with Crippen molar-refractivity contribution in [3.8, 4) is 6.07 Å². The summed E-state index contributed by atoms with van der Waals surface area (Å²) in [5.74, 6) is -0.234. The van der Waals surface area contributed by atoms with Gasteiger partial charge in [-0.25, -0.2) is 0 Å². The summed E-state index contributed by atoms with van der Waals surface area (Å²) in [7, 11) is 0. The van der Waals surface area contributed by atoms with Crippen LogP contribution >= 0.6 is 15.9 Å². The second kappa shape index (κ2) is 4.15. The number of hydrogen-bond acceptors (Lipinski definition) is 2. The van der Waals surface area contributed by atoms with E-state index in [4.69, 9.17) is 5.26 Å². The molecule has 0 spiro atoms. The molecule has 1 heterocycles. The minimum Gasteiger partial charge on any atom is -0.306 e. The number of nitrogens with zero attached hydrogens (tertiary/aromatic N) is 2. The Labute approximate surface area is 109 Å². The standard InChI is InChI=1S/C13H13BrN2O/c1-13(2)9(8-15)7-12(17)16(13)11-5-3-10(14)4-6-11/h3-6,9H,7H2,1-2H3. The van der Waals surface area contributed by atoms with Gasteiger partial charge >= 0.3 is 0 Å². The summed E-state index contributed by atoms with van der Waals surface area (Å²) in [6.45, 7) is 3.88. The van der Waals surface area contributed by atoms with Crippen LogP contribution in [0.1, 0.15) is 20.3 Å². The van der Waals surface area contributed by atoms with E-state index in [2.05, 4.69) is 22.0 Å². The number of carbonyl (C=O) groups excluding carboxylic acids is 1. The van der Waals surface area contributed by atoms with Gasteiger partial charge in [0.2, 0.25) is 5.91 Å². The zero-order valence-electron chi connectivity index (χ0n) is 9.77. The first-order valence-electron chi connectivity index (χ1n) is 5.45. The second-order valence-electron chi connectivity index (χ2n) is 4.75. The van der Waals surface area contributed by atoms with Crippen LogP contribution in [0, 0.1) is 17.2 Å². The summed E-state index contributed by atoms with van der Waals surface area (Å²) >= 11 is 3.37. The molecule has 1 unspecified atom stereocenters.